The minimum absolute atomic E-state index is 0.00523. The second-order valence-electron chi connectivity index (χ2n) is 4.74. The van der Waals surface area contributed by atoms with Crippen molar-refractivity contribution in [3.8, 4) is 0 Å². The number of carbonyl (C=O) groups excluding carboxylic acids is 1. The van der Waals surface area contributed by atoms with E-state index < -0.39 is 0 Å². The van der Waals surface area contributed by atoms with E-state index in [4.69, 9.17) is 5.73 Å². The van der Waals surface area contributed by atoms with Crippen LogP contribution in [-0.4, -0.2) is 28.9 Å². The average Bonchev–Trinajstić information content (AvgIpc) is 2.42. The highest BCUT2D eigenvalue weighted by molar-refractivity contribution is 5.76. The molecule has 1 aliphatic heterocycles. The van der Waals surface area contributed by atoms with Crippen LogP contribution in [0.3, 0.4) is 0 Å². The van der Waals surface area contributed by atoms with E-state index in [9.17, 15) is 4.79 Å². The minimum Gasteiger partial charge on any atom is -0.337 e. The number of hydrogen-bond donors (Lipinski definition) is 1. The monoisotopic (exact) mass is 233 g/mol. The number of hydrogen-bond acceptors (Lipinski definition) is 3. The Morgan fingerprint density at radius 2 is 2.29 bits per heavy atom. The fourth-order valence-corrected chi connectivity index (χ4v) is 2.49. The standard InChI is InChI=1S/C13H19N3O/c1-9-6-7-15-8-10(9)13-11(14)4-3-5-12(17)16(13)2/h6-8,11,13H,3-5,14H2,1-2H3. The van der Waals surface area contributed by atoms with Gasteiger partial charge in [0.05, 0.1) is 6.04 Å². The van der Waals surface area contributed by atoms with Crippen molar-refractivity contribution in [1.29, 1.82) is 0 Å². The highest BCUT2D eigenvalue weighted by Crippen LogP contribution is 2.30. The third-order valence-electron chi connectivity index (χ3n) is 3.54. The number of amides is 1. The molecule has 1 saturated heterocycles. The Bertz CT molecular complexity index is 419. The lowest BCUT2D eigenvalue weighted by molar-refractivity contribution is -0.131. The fourth-order valence-electron chi connectivity index (χ4n) is 2.49. The molecular weight excluding hydrogens is 214 g/mol. The van der Waals surface area contributed by atoms with Crippen molar-refractivity contribution >= 4 is 5.91 Å². The maximum atomic E-state index is 11.9. The number of aromatic nitrogens is 1. The summed E-state index contributed by atoms with van der Waals surface area (Å²) in [6, 6.07) is 1.92. The Hall–Kier alpha value is -1.42. The van der Waals surface area contributed by atoms with Crippen LogP contribution in [0.5, 0.6) is 0 Å². The molecule has 1 amide bonds. The fraction of sp³-hybridized carbons (Fsp3) is 0.538. The second kappa shape index (κ2) is 4.84. The summed E-state index contributed by atoms with van der Waals surface area (Å²) in [5.41, 5.74) is 8.42. The molecule has 0 saturated carbocycles. The van der Waals surface area contributed by atoms with Crippen LogP contribution in [0.2, 0.25) is 0 Å². The summed E-state index contributed by atoms with van der Waals surface area (Å²) in [5, 5.41) is 0. The molecular formula is C13H19N3O. The highest BCUT2D eigenvalue weighted by atomic mass is 16.2. The van der Waals surface area contributed by atoms with E-state index in [0.717, 1.165) is 24.0 Å². The molecule has 4 heteroatoms. The van der Waals surface area contributed by atoms with Gasteiger partial charge in [0.1, 0.15) is 0 Å². The topological polar surface area (TPSA) is 59.2 Å². The zero-order valence-corrected chi connectivity index (χ0v) is 10.4. The molecule has 92 valence electrons. The maximum absolute atomic E-state index is 11.9. The molecule has 1 aromatic rings. The van der Waals surface area contributed by atoms with Gasteiger partial charge in [-0.05, 0) is 37.0 Å². The van der Waals surface area contributed by atoms with E-state index >= 15 is 0 Å². The molecule has 0 aromatic carbocycles. The molecule has 1 aliphatic rings. The van der Waals surface area contributed by atoms with Gasteiger partial charge in [-0.3, -0.25) is 9.78 Å². The van der Waals surface area contributed by atoms with E-state index in [1.54, 1.807) is 11.1 Å². The van der Waals surface area contributed by atoms with E-state index in [1.165, 1.54) is 0 Å². The van der Waals surface area contributed by atoms with Gasteiger partial charge in [-0.1, -0.05) is 0 Å². The minimum atomic E-state index is -0.0429. The van der Waals surface area contributed by atoms with Crippen LogP contribution in [-0.2, 0) is 4.79 Å². The largest absolute Gasteiger partial charge is 0.337 e. The summed E-state index contributed by atoms with van der Waals surface area (Å²) < 4.78 is 0. The molecule has 0 radical (unpaired) electrons. The molecule has 0 bridgehead atoms. The van der Waals surface area contributed by atoms with E-state index in [2.05, 4.69) is 4.98 Å². The second-order valence-corrected chi connectivity index (χ2v) is 4.74. The molecule has 1 fully saturated rings. The number of nitrogens with two attached hydrogens (primary N) is 1. The average molecular weight is 233 g/mol. The van der Waals surface area contributed by atoms with Crippen LogP contribution in [0.1, 0.15) is 36.4 Å². The van der Waals surface area contributed by atoms with Gasteiger partial charge in [0.25, 0.3) is 0 Å². The number of pyridine rings is 1. The van der Waals surface area contributed by atoms with Crippen LogP contribution in [0.25, 0.3) is 0 Å². The van der Waals surface area contributed by atoms with Gasteiger partial charge in [0.2, 0.25) is 5.91 Å². The molecule has 2 heterocycles. The van der Waals surface area contributed by atoms with Crippen LogP contribution >= 0.6 is 0 Å². The summed E-state index contributed by atoms with van der Waals surface area (Å²) in [5.74, 6) is 0.172. The molecule has 0 aliphatic carbocycles. The highest BCUT2D eigenvalue weighted by Gasteiger charge is 2.31. The lowest BCUT2D eigenvalue weighted by Crippen LogP contribution is -2.40. The quantitative estimate of drug-likeness (QED) is 0.797. The molecule has 1 aromatic heterocycles. The van der Waals surface area contributed by atoms with E-state index in [0.29, 0.717) is 6.42 Å². The predicted molar refractivity (Wildman–Crippen MR) is 66.3 cm³/mol. The first-order chi connectivity index (χ1) is 8.11. The maximum Gasteiger partial charge on any atom is 0.222 e. The number of aryl methyl sites for hydroxylation is 1. The zero-order valence-electron chi connectivity index (χ0n) is 10.4. The van der Waals surface area contributed by atoms with Gasteiger partial charge >= 0.3 is 0 Å². The Labute approximate surface area is 102 Å². The lowest BCUT2D eigenvalue weighted by atomic mass is 9.95. The SMILES string of the molecule is Cc1ccncc1C1C(N)CCCC(=O)N1C. The Kier molecular flexibility index (Phi) is 3.43. The van der Waals surface area contributed by atoms with Crippen molar-refractivity contribution in [3.63, 3.8) is 0 Å². The predicted octanol–water partition coefficient (Wildman–Crippen LogP) is 1.40. The van der Waals surface area contributed by atoms with Gasteiger partial charge in [-0.15, -0.1) is 0 Å². The van der Waals surface area contributed by atoms with Crippen molar-refractivity contribution in [2.24, 2.45) is 5.73 Å². The zero-order chi connectivity index (χ0) is 12.4. The lowest BCUT2D eigenvalue weighted by Gasteiger charge is -2.31. The molecule has 17 heavy (non-hydrogen) atoms. The number of nitrogens with zero attached hydrogens (tertiary/aromatic N) is 2. The van der Waals surface area contributed by atoms with Gasteiger partial charge in [-0.2, -0.15) is 0 Å². The number of carbonyl (C=O) groups is 1. The van der Waals surface area contributed by atoms with Crippen LogP contribution < -0.4 is 5.73 Å². The molecule has 2 atom stereocenters. The van der Waals surface area contributed by atoms with Crippen molar-refractivity contribution in [2.45, 2.75) is 38.3 Å². The molecule has 0 spiro atoms. The van der Waals surface area contributed by atoms with Crippen molar-refractivity contribution in [2.75, 3.05) is 7.05 Å². The van der Waals surface area contributed by atoms with Gasteiger partial charge in [-0.25, -0.2) is 0 Å². The smallest absolute Gasteiger partial charge is 0.222 e. The summed E-state index contributed by atoms with van der Waals surface area (Å²) in [6.45, 7) is 2.03. The molecule has 2 rings (SSSR count). The van der Waals surface area contributed by atoms with E-state index in [1.807, 2.05) is 26.2 Å². The van der Waals surface area contributed by atoms with Crippen molar-refractivity contribution < 1.29 is 4.79 Å². The van der Waals surface area contributed by atoms with Gasteiger partial charge < -0.3 is 10.6 Å². The Morgan fingerprint density at radius 3 is 3.00 bits per heavy atom. The first kappa shape index (κ1) is 12.0. The third kappa shape index (κ3) is 2.31. The Balaban J connectivity index is 2.39. The third-order valence-corrected chi connectivity index (χ3v) is 3.54. The van der Waals surface area contributed by atoms with Crippen molar-refractivity contribution in [1.82, 2.24) is 9.88 Å². The summed E-state index contributed by atoms with van der Waals surface area (Å²) >= 11 is 0. The molecule has 2 unspecified atom stereocenters. The van der Waals surface area contributed by atoms with Crippen molar-refractivity contribution in [3.05, 3.63) is 29.6 Å². The summed E-state index contributed by atoms with van der Waals surface area (Å²) in [7, 11) is 1.84. The van der Waals surface area contributed by atoms with Crippen LogP contribution in [0.4, 0.5) is 0 Å². The van der Waals surface area contributed by atoms with E-state index in [-0.39, 0.29) is 18.0 Å². The molecule has 2 N–H and O–H groups in total. The van der Waals surface area contributed by atoms with Crippen LogP contribution in [0, 0.1) is 6.92 Å². The number of likely N-dealkylation sites (N-methyl/N-ethyl adjacent to an activating group) is 1. The summed E-state index contributed by atoms with van der Waals surface area (Å²) in [6.07, 6.45) is 5.95. The first-order valence-corrected chi connectivity index (χ1v) is 6.03. The van der Waals surface area contributed by atoms with Gasteiger partial charge in [0, 0.05) is 31.9 Å². The first-order valence-electron chi connectivity index (χ1n) is 6.03. The normalized spacial score (nSPS) is 25.8. The van der Waals surface area contributed by atoms with Gasteiger partial charge in [0.15, 0.2) is 0 Å². The van der Waals surface area contributed by atoms with Crippen LogP contribution in [0.15, 0.2) is 18.5 Å². The summed E-state index contributed by atoms with van der Waals surface area (Å²) in [4.78, 5) is 17.8. The number of rotatable bonds is 1. The number of likely N-dealkylation sites (tertiary alicyclic amines) is 1. The molecule has 4 nitrogen and oxygen atoms in total. The Morgan fingerprint density at radius 1 is 1.53 bits per heavy atom.